The number of ether oxygens (including phenoxy) is 1. The average molecular weight is 475 g/mol. The molecule has 0 bridgehead atoms. The Balaban J connectivity index is 1.45. The first-order valence-electron chi connectivity index (χ1n) is 11.6. The van der Waals surface area contributed by atoms with Gasteiger partial charge < -0.3 is 20.3 Å². The van der Waals surface area contributed by atoms with Crippen molar-refractivity contribution < 1.29 is 9.53 Å². The van der Waals surface area contributed by atoms with E-state index in [4.69, 9.17) is 15.0 Å². The molecule has 10 heteroatoms. The molecule has 1 aromatic carbocycles. The summed E-state index contributed by atoms with van der Waals surface area (Å²) in [7, 11) is 3.63. The minimum Gasteiger partial charge on any atom is -0.381 e. The molecule has 1 amide bonds. The summed E-state index contributed by atoms with van der Waals surface area (Å²) in [4.78, 5) is 23.9. The van der Waals surface area contributed by atoms with Gasteiger partial charge in [0.25, 0.3) is 5.91 Å². The van der Waals surface area contributed by atoms with Crippen LogP contribution in [0.15, 0.2) is 42.9 Å². The molecule has 2 aromatic heterocycles. The molecule has 0 unspecified atom stereocenters. The van der Waals surface area contributed by atoms with Crippen molar-refractivity contribution in [3.63, 3.8) is 0 Å². The Labute approximate surface area is 204 Å². The number of aromatic nitrogens is 4. The van der Waals surface area contributed by atoms with Crippen LogP contribution in [-0.2, 0) is 4.74 Å². The van der Waals surface area contributed by atoms with E-state index in [9.17, 15) is 4.79 Å². The number of anilines is 2. The second-order valence-electron chi connectivity index (χ2n) is 8.78. The molecule has 0 saturated carbocycles. The van der Waals surface area contributed by atoms with E-state index in [1.807, 2.05) is 36.0 Å². The second-order valence-corrected chi connectivity index (χ2v) is 8.78. The van der Waals surface area contributed by atoms with Gasteiger partial charge in [-0.15, -0.1) is 0 Å². The number of nitrogens with one attached hydrogen (secondary N) is 2. The third kappa shape index (κ3) is 6.01. The van der Waals surface area contributed by atoms with Crippen LogP contribution in [0.25, 0.3) is 11.3 Å². The SMILES string of the molecule is COC[C@@H](C#N)NC(=O)c1ccc(-c2nc(Nc3cnn(C4CCN(C)CC4)c3)ncc2C)cc1. The zero-order chi connectivity index (χ0) is 24.8. The van der Waals surface area contributed by atoms with Gasteiger partial charge in [-0.1, -0.05) is 12.1 Å². The third-order valence-electron chi connectivity index (χ3n) is 6.11. The van der Waals surface area contributed by atoms with E-state index in [1.165, 1.54) is 7.11 Å². The van der Waals surface area contributed by atoms with Crippen LogP contribution in [0, 0.1) is 18.3 Å². The minimum atomic E-state index is -0.700. The van der Waals surface area contributed by atoms with Crippen molar-refractivity contribution in [1.29, 1.82) is 5.26 Å². The molecule has 0 spiro atoms. The Morgan fingerprint density at radius 3 is 2.69 bits per heavy atom. The minimum absolute atomic E-state index is 0.132. The monoisotopic (exact) mass is 474 g/mol. The van der Waals surface area contributed by atoms with Crippen molar-refractivity contribution in [1.82, 2.24) is 30.0 Å². The largest absolute Gasteiger partial charge is 0.381 e. The standard InChI is InChI=1S/C25H30N8O2/c1-17-13-27-25(30-21-14-28-33(15-21)22-8-10-32(2)11-9-22)31-23(17)18-4-6-19(7-5-18)24(34)29-20(12-26)16-35-3/h4-7,13-15,20,22H,8-11,16H2,1-3H3,(H,29,34)(H,27,30,31)/t20-/m1/s1. The fourth-order valence-electron chi connectivity index (χ4n) is 4.08. The molecule has 3 aromatic rings. The molecule has 0 aliphatic carbocycles. The third-order valence-corrected chi connectivity index (χ3v) is 6.11. The summed E-state index contributed by atoms with van der Waals surface area (Å²) in [5, 5.41) is 19.6. The van der Waals surface area contributed by atoms with Crippen molar-refractivity contribution in [3.8, 4) is 17.3 Å². The fourth-order valence-corrected chi connectivity index (χ4v) is 4.08. The molecule has 10 nitrogen and oxygen atoms in total. The highest BCUT2D eigenvalue weighted by atomic mass is 16.5. The summed E-state index contributed by atoms with van der Waals surface area (Å²) in [6.45, 7) is 4.22. The van der Waals surface area contributed by atoms with Gasteiger partial charge in [-0.3, -0.25) is 9.48 Å². The molecule has 2 N–H and O–H groups in total. The molecule has 4 rings (SSSR count). The van der Waals surface area contributed by atoms with Crippen LogP contribution in [-0.4, -0.2) is 70.5 Å². The number of hydrogen-bond donors (Lipinski definition) is 2. The van der Waals surface area contributed by atoms with E-state index >= 15 is 0 Å². The summed E-state index contributed by atoms with van der Waals surface area (Å²) < 4.78 is 6.97. The Kier molecular flexibility index (Phi) is 7.70. The Morgan fingerprint density at radius 1 is 1.26 bits per heavy atom. The average Bonchev–Trinajstić information content (AvgIpc) is 3.34. The number of carbonyl (C=O) groups is 1. The van der Waals surface area contributed by atoms with Gasteiger partial charge in [0, 0.05) is 30.6 Å². The molecular formula is C25H30N8O2. The number of nitriles is 1. The molecule has 1 aliphatic heterocycles. The van der Waals surface area contributed by atoms with Gasteiger partial charge in [0.05, 0.1) is 36.3 Å². The molecule has 182 valence electrons. The highest BCUT2D eigenvalue weighted by molar-refractivity contribution is 5.95. The molecule has 35 heavy (non-hydrogen) atoms. The van der Waals surface area contributed by atoms with E-state index in [1.54, 1.807) is 24.5 Å². The Morgan fingerprint density at radius 2 is 2.00 bits per heavy atom. The van der Waals surface area contributed by atoms with E-state index < -0.39 is 6.04 Å². The predicted octanol–water partition coefficient (Wildman–Crippen LogP) is 2.93. The smallest absolute Gasteiger partial charge is 0.252 e. The summed E-state index contributed by atoms with van der Waals surface area (Å²) in [6, 6.07) is 8.82. The van der Waals surface area contributed by atoms with E-state index in [-0.39, 0.29) is 12.5 Å². The zero-order valence-electron chi connectivity index (χ0n) is 20.2. The molecule has 0 radical (unpaired) electrons. The second kappa shape index (κ2) is 11.1. The van der Waals surface area contributed by atoms with Crippen LogP contribution in [0.1, 0.15) is 34.8 Å². The lowest BCUT2D eigenvalue weighted by Crippen LogP contribution is -2.36. The fraction of sp³-hybridized carbons (Fsp3) is 0.400. The lowest BCUT2D eigenvalue weighted by atomic mass is 10.1. The number of aryl methyl sites for hydroxylation is 1. The van der Waals surface area contributed by atoms with Gasteiger partial charge in [-0.2, -0.15) is 10.4 Å². The molecule has 1 fully saturated rings. The number of amides is 1. The van der Waals surface area contributed by atoms with Gasteiger partial charge in [-0.05, 0) is 57.6 Å². The van der Waals surface area contributed by atoms with Crippen LogP contribution in [0.2, 0.25) is 0 Å². The van der Waals surface area contributed by atoms with Crippen molar-refractivity contribution in [2.75, 3.05) is 39.2 Å². The highest BCUT2D eigenvalue weighted by Gasteiger charge is 2.19. The zero-order valence-corrected chi connectivity index (χ0v) is 20.2. The summed E-state index contributed by atoms with van der Waals surface area (Å²) in [6.07, 6.45) is 7.74. The molecule has 1 atom stereocenters. The number of benzene rings is 1. The van der Waals surface area contributed by atoms with Gasteiger partial charge in [0.1, 0.15) is 6.04 Å². The van der Waals surface area contributed by atoms with Gasteiger partial charge in [-0.25, -0.2) is 9.97 Å². The van der Waals surface area contributed by atoms with Crippen molar-refractivity contribution in [2.45, 2.75) is 31.8 Å². The van der Waals surface area contributed by atoms with Crippen LogP contribution < -0.4 is 10.6 Å². The van der Waals surface area contributed by atoms with Crippen molar-refractivity contribution >= 4 is 17.5 Å². The number of likely N-dealkylation sites (tertiary alicyclic amines) is 1. The highest BCUT2D eigenvalue weighted by Crippen LogP contribution is 2.25. The number of hydrogen-bond acceptors (Lipinski definition) is 8. The number of rotatable bonds is 8. The van der Waals surface area contributed by atoms with E-state index in [0.29, 0.717) is 17.6 Å². The number of carbonyl (C=O) groups excluding carboxylic acids is 1. The normalized spacial score (nSPS) is 15.4. The molecule has 1 saturated heterocycles. The molecule has 1 aliphatic rings. The molecular weight excluding hydrogens is 444 g/mol. The lowest BCUT2D eigenvalue weighted by molar-refractivity contribution is 0.0918. The van der Waals surface area contributed by atoms with Crippen LogP contribution >= 0.6 is 0 Å². The first-order chi connectivity index (χ1) is 17.0. The number of nitrogens with zero attached hydrogens (tertiary/aromatic N) is 6. The number of piperidine rings is 1. The summed E-state index contributed by atoms with van der Waals surface area (Å²) >= 11 is 0. The van der Waals surface area contributed by atoms with Crippen LogP contribution in [0.3, 0.4) is 0 Å². The van der Waals surface area contributed by atoms with Crippen molar-refractivity contribution in [3.05, 3.63) is 54.0 Å². The summed E-state index contributed by atoms with van der Waals surface area (Å²) in [5.74, 6) is 0.148. The van der Waals surface area contributed by atoms with E-state index in [0.717, 1.165) is 48.4 Å². The van der Waals surface area contributed by atoms with Crippen LogP contribution in [0.5, 0.6) is 0 Å². The predicted molar refractivity (Wildman–Crippen MR) is 132 cm³/mol. The van der Waals surface area contributed by atoms with Crippen molar-refractivity contribution in [2.24, 2.45) is 0 Å². The Bertz CT molecular complexity index is 1190. The maximum absolute atomic E-state index is 12.4. The topological polar surface area (TPSA) is 121 Å². The van der Waals surface area contributed by atoms with E-state index in [2.05, 4.69) is 32.7 Å². The number of methoxy groups -OCH3 is 1. The van der Waals surface area contributed by atoms with Crippen LogP contribution in [0.4, 0.5) is 11.6 Å². The first-order valence-corrected chi connectivity index (χ1v) is 11.6. The Hall–Kier alpha value is -3.81. The maximum atomic E-state index is 12.4. The quantitative estimate of drug-likeness (QED) is 0.511. The first kappa shape index (κ1) is 24.3. The van der Waals surface area contributed by atoms with Gasteiger partial charge in [0.2, 0.25) is 5.95 Å². The lowest BCUT2D eigenvalue weighted by Gasteiger charge is -2.28. The summed E-state index contributed by atoms with van der Waals surface area (Å²) in [5.41, 5.74) is 3.84. The van der Waals surface area contributed by atoms with Gasteiger partial charge in [0.15, 0.2) is 0 Å². The molecule has 3 heterocycles. The van der Waals surface area contributed by atoms with Gasteiger partial charge >= 0.3 is 0 Å². The maximum Gasteiger partial charge on any atom is 0.252 e.